The lowest BCUT2D eigenvalue weighted by Crippen LogP contribution is -2.66. The summed E-state index contributed by atoms with van der Waals surface area (Å²) >= 11 is 18.1. The molecule has 2 N–H and O–H groups in total. The SMILES string of the molecule is C=CCOP(=O)(OCC=C)O[C@H]1C(OCC[C@@H](CCCCCCC)OC)[C@@H](NC(=O)CCCCCCCCCC=CCCCCCC)[C@@H](OC(=N)C(Cl)(Cl)Cl)O[C@@H]1COC. The molecule has 0 radical (unpaired) electrons. The molecule has 0 aliphatic carbocycles. The molecule has 1 saturated heterocycles. The van der Waals surface area contributed by atoms with E-state index in [0.29, 0.717) is 12.8 Å². The third-order valence-electron chi connectivity index (χ3n) is 10.1. The Kier molecular flexibility index (Phi) is 33.6. The number of carbonyl (C=O) groups is 1. The highest BCUT2D eigenvalue weighted by Crippen LogP contribution is 2.52. The molecule has 0 saturated carbocycles. The smallest absolute Gasteiger partial charge is 0.446 e. The van der Waals surface area contributed by atoms with Crippen LogP contribution in [0.25, 0.3) is 0 Å². The molecule has 0 aromatic rings. The molecular weight excluding hydrogens is 854 g/mol. The van der Waals surface area contributed by atoms with Crippen molar-refractivity contribution < 1.29 is 46.6 Å². The maximum atomic E-state index is 14.1. The average Bonchev–Trinajstić information content (AvgIpc) is 3.21. The van der Waals surface area contributed by atoms with E-state index in [1.165, 1.54) is 70.6 Å². The number of carbonyl (C=O) groups excluding carboxylic acids is 1. The van der Waals surface area contributed by atoms with Crippen molar-refractivity contribution in [2.45, 2.75) is 189 Å². The number of phosphoric ester groups is 1. The Hall–Kier alpha value is -1.02. The topological polar surface area (TPSA) is 144 Å². The molecule has 0 spiro atoms. The van der Waals surface area contributed by atoms with Crippen LogP contribution in [0.1, 0.15) is 149 Å². The first-order valence-corrected chi connectivity index (χ1v) is 24.8. The van der Waals surface area contributed by atoms with Gasteiger partial charge in [-0.25, -0.2) is 4.57 Å². The van der Waals surface area contributed by atoms with Gasteiger partial charge in [0.05, 0.1) is 25.9 Å². The molecule has 1 fully saturated rings. The number of hydrogen-bond acceptors (Lipinski definition) is 11. The normalized spacial score (nSPS) is 20.3. The molecule has 1 aliphatic rings. The van der Waals surface area contributed by atoms with Crippen molar-refractivity contribution in [1.82, 2.24) is 5.32 Å². The number of nitrogens with one attached hydrogen (secondary N) is 2. The predicted octanol–water partition coefficient (Wildman–Crippen LogP) is 12.3. The standard InChI is InChI=1S/C44H78Cl3N2O10P/c1-7-11-13-15-16-17-18-19-20-21-22-23-24-26-28-30-38(50)49-39-41(54-34-31-36(53-6)29-27-25-14-12-8-2)40(59-60(51,55-32-9-3)56-33-10-4)37(35-52-5)57-42(39)58-43(48)44(45,46)47/h9-10,17-18,36-37,39-42,48H,3-4,7-8,11-16,19-35H2,1-2,5-6H3,(H,49,50)/t36-,37-,39-,40-,41?,42-/m1/s1. The van der Waals surface area contributed by atoms with Crippen LogP contribution in [-0.2, 0) is 46.6 Å². The van der Waals surface area contributed by atoms with E-state index in [9.17, 15) is 9.36 Å². The summed E-state index contributed by atoms with van der Waals surface area (Å²) in [5.41, 5.74) is 0. The van der Waals surface area contributed by atoms with Crippen LogP contribution in [0.2, 0.25) is 0 Å². The molecule has 12 nitrogen and oxygen atoms in total. The minimum absolute atomic E-state index is 0.0990. The fraction of sp³-hybridized carbons (Fsp3) is 0.818. The highest BCUT2D eigenvalue weighted by Gasteiger charge is 2.53. The summed E-state index contributed by atoms with van der Waals surface area (Å²) in [6, 6.07) is -1.14. The Labute approximate surface area is 377 Å². The van der Waals surface area contributed by atoms with Gasteiger partial charge in [0, 0.05) is 27.2 Å². The van der Waals surface area contributed by atoms with E-state index in [1.807, 2.05) is 0 Å². The van der Waals surface area contributed by atoms with E-state index >= 15 is 0 Å². The molecule has 1 rings (SSSR count). The number of allylic oxidation sites excluding steroid dienone is 2. The van der Waals surface area contributed by atoms with Crippen molar-refractivity contribution >= 4 is 54.4 Å². The lowest BCUT2D eigenvalue weighted by molar-refractivity contribution is -0.256. The number of alkyl halides is 3. The zero-order chi connectivity index (χ0) is 44.5. The Morgan fingerprint density at radius 2 is 1.37 bits per heavy atom. The Morgan fingerprint density at radius 3 is 1.92 bits per heavy atom. The van der Waals surface area contributed by atoms with Gasteiger partial charge in [0.2, 0.25) is 18.1 Å². The van der Waals surface area contributed by atoms with Gasteiger partial charge in [0.1, 0.15) is 24.4 Å². The molecule has 1 aliphatic heterocycles. The molecule has 1 amide bonds. The van der Waals surface area contributed by atoms with E-state index in [-0.39, 0.29) is 44.9 Å². The van der Waals surface area contributed by atoms with E-state index in [4.69, 9.17) is 77.5 Å². The minimum atomic E-state index is -4.33. The third kappa shape index (κ3) is 25.9. The van der Waals surface area contributed by atoms with Gasteiger partial charge in [-0.05, 0) is 44.9 Å². The van der Waals surface area contributed by atoms with Crippen molar-refractivity contribution in [3.05, 3.63) is 37.5 Å². The molecule has 60 heavy (non-hydrogen) atoms. The largest absolute Gasteiger partial charge is 0.475 e. The van der Waals surface area contributed by atoms with Crippen molar-refractivity contribution in [3.63, 3.8) is 0 Å². The van der Waals surface area contributed by atoms with E-state index < -0.39 is 48.2 Å². The first-order valence-electron chi connectivity index (χ1n) is 22.2. The van der Waals surface area contributed by atoms with Crippen LogP contribution in [0.3, 0.4) is 0 Å². The second-order valence-corrected chi connectivity index (χ2v) is 19.1. The summed E-state index contributed by atoms with van der Waals surface area (Å²) in [5.74, 6) is -1.05. The van der Waals surface area contributed by atoms with E-state index in [1.54, 1.807) is 7.11 Å². The number of rotatable bonds is 38. The number of amides is 1. The van der Waals surface area contributed by atoms with Gasteiger partial charge in [-0.2, -0.15) is 0 Å². The van der Waals surface area contributed by atoms with Crippen LogP contribution in [-0.4, -0.2) is 93.0 Å². The molecule has 0 aromatic carbocycles. The average molecular weight is 932 g/mol. The van der Waals surface area contributed by atoms with Crippen molar-refractivity contribution in [2.75, 3.05) is 40.6 Å². The summed E-state index contributed by atoms with van der Waals surface area (Å²) in [5, 5.41) is 11.4. The highest BCUT2D eigenvalue weighted by atomic mass is 35.6. The zero-order valence-electron chi connectivity index (χ0n) is 37.0. The second-order valence-electron chi connectivity index (χ2n) is 15.2. The highest BCUT2D eigenvalue weighted by molar-refractivity contribution is 7.48. The number of unbranched alkanes of at least 4 members (excludes halogenated alkanes) is 15. The number of hydrogen-bond donors (Lipinski definition) is 2. The molecule has 1 unspecified atom stereocenters. The fourth-order valence-electron chi connectivity index (χ4n) is 6.80. The minimum Gasteiger partial charge on any atom is -0.446 e. The molecule has 350 valence electrons. The summed E-state index contributed by atoms with van der Waals surface area (Å²) in [6.45, 7) is 11.4. The predicted molar refractivity (Wildman–Crippen MR) is 244 cm³/mol. The maximum absolute atomic E-state index is 14.1. The summed E-state index contributed by atoms with van der Waals surface area (Å²) in [7, 11) is -1.21. The molecule has 16 heteroatoms. The van der Waals surface area contributed by atoms with Crippen LogP contribution in [0.5, 0.6) is 0 Å². The molecule has 6 atom stereocenters. The van der Waals surface area contributed by atoms with Crippen LogP contribution < -0.4 is 5.32 Å². The third-order valence-corrected chi connectivity index (χ3v) is 12.1. The van der Waals surface area contributed by atoms with Gasteiger partial charge in [-0.15, -0.1) is 13.2 Å². The van der Waals surface area contributed by atoms with E-state index in [0.717, 1.165) is 64.2 Å². The summed E-state index contributed by atoms with van der Waals surface area (Å²) in [4.78, 5) is 13.7. The van der Waals surface area contributed by atoms with Crippen LogP contribution in [0, 0.1) is 5.41 Å². The second kappa shape index (κ2) is 35.3. The Morgan fingerprint density at radius 1 is 0.817 bits per heavy atom. The van der Waals surface area contributed by atoms with Crippen LogP contribution in [0.15, 0.2) is 37.5 Å². The maximum Gasteiger partial charge on any atom is 0.475 e. The first kappa shape index (κ1) is 57.0. The molecule has 0 aromatic heterocycles. The number of phosphoric acid groups is 1. The fourth-order valence-corrected chi connectivity index (χ4v) is 8.26. The zero-order valence-corrected chi connectivity index (χ0v) is 40.2. The molecular formula is C44H78Cl3N2O10P. The quantitative estimate of drug-likeness (QED) is 0.0153. The molecule has 0 bridgehead atoms. The number of methoxy groups -OCH3 is 2. The molecule has 1 heterocycles. The number of ether oxygens (including phenoxy) is 5. The lowest BCUT2D eigenvalue weighted by Gasteiger charge is -2.46. The van der Waals surface area contributed by atoms with Crippen LogP contribution >= 0.6 is 42.6 Å². The number of halogens is 3. The van der Waals surface area contributed by atoms with Gasteiger partial charge < -0.3 is 29.0 Å². The van der Waals surface area contributed by atoms with Crippen LogP contribution in [0.4, 0.5) is 0 Å². The van der Waals surface area contributed by atoms with Crippen molar-refractivity contribution in [3.8, 4) is 0 Å². The summed E-state index contributed by atoms with van der Waals surface area (Å²) in [6.07, 6.45) is 24.4. The van der Waals surface area contributed by atoms with Gasteiger partial charge in [0.25, 0.3) is 3.79 Å². The van der Waals surface area contributed by atoms with Crippen molar-refractivity contribution in [2.24, 2.45) is 0 Å². The van der Waals surface area contributed by atoms with E-state index in [2.05, 4.69) is 44.5 Å². The van der Waals surface area contributed by atoms with Gasteiger partial charge in [-0.3, -0.25) is 23.8 Å². The van der Waals surface area contributed by atoms with Gasteiger partial charge in [0.15, 0.2) is 0 Å². The van der Waals surface area contributed by atoms with Crippen molar-refractivity contribution in [1.29, 1.82) is 5.41 Å². The lowest BCUT2D eigenvalue weighted by atomic mass is 9.96. The van der Waals surface area contributed by atoms with Gasteiger partial charge in [-0.1, -0.05) is 156 Å². The summed E-state index contributed by atoms with van der Waals surface area (Å²) < 4.78 is 59.0. The first-order chi connectivity index (χ1) is 28.9. The Bertz CT molecular complexity index is 1210. The monoisotopic (exact) mass is 930 g/mol. The Balaban J connectivity index is 3.20. The van der Waals surface area contributed by atoms with Gasteiger partial charge >= 0.3 is 7.82 Å².